The van der Waals surface area contributed by atoms with Gasteiger partial charge in [-0.2, -0.15) is 13.2 Å². The predicted molar refractivity (Wildman–Crippen MR) is 67.2 cm³/mol. The molecular weight excluding hydrogens is 255 g/mol. The molecule has 19 heavy (non-hydrogen) atoms. The van der Waals surface area contributed by atoms with Crippen molar-refractivity contribution >= 4 is 0 Å². The van der Waals surface area contributed by atoms with Gasteiger partial charge in [0.15, 0.2) is 0 Å². The molecule has 1 aliphatic carbocycles. The first kappa shape index (κ1) is 14.2. The van der Waals surface area contributed by atoms with Crippen molar-refractivity contribution in [1.29, 1.82) is 0 Å². The van der Waals surface area contributed by atoms with Gasteiger partial charge < -0.3 is 10.5 Å². The minimum absolute atomic E-state index is 0.138. The van der Waals surface area contributed by atoms with E-state index in [0.29, 0.717) is 0 Å². The minimum Gasteiger partial charge on any atom is -0.496 e. The van der Waals surface area contributed by atoms with Gasteiger partial charge in [0.2, 0.25) is 0 Å². The van der Waals surface area contributed by atoms with E-state index in [1.165, 1.54) is 19.2 Å². The molecule has 0 amide bonds. The molecule has 5 heteroatoms. The number of benzene rings is 1. The Hall–Kier alpha value is -1.23. The number of ether oxygens (including phenoxy) is 1. The van der Waals surface area contributed by atoms with E-state index < -0.39 is 17.3 Å². The molecule has 0 saturated heterocycles. The zero-order valence-electron chi connectivity index (χ0n) is 11.3. The predicted octanol–water partition coefficient (Wildman–Crippen LogP) is 3.48. The molecule has 0 atom stereocenters. The van der Waals surface area contributed by atoms with E-state index in [-0.39, 0.29) is 11.2 Å². The number of rotatable bonds is 3. The summed E-state index contributed by atoms with van der Waals surface area (Å²) >= 11 is 0. The van der Waals surface area contributed by atoms with Crippen molar-refractivity contribution in [3.05, 3.63) is 29.3 Å². The number of halogens is 3. The molecule has 1 fully saturated rings. The molecule has 0 aliphatic heterocycles. The maximum Gasteiger partial charge on any atom is 0.419 e. The highest BCUT2D eigenvalue weighted by Crippen LogP contribution is 2.55. The molecule has 0 aromatic heterocycles. The van der Waals surface area contributed by atoms with Gasteiger partial charge in [0.25, 0.3) is 0 Å². The number of nitrogens with two attached hydrogens (primary N) is 1. The van der Waals surface area contributed by atoms with Crippen molar-refractivity contribution in [2.45, 2.75) is 43.8 Å². The molecule has 1 saturated carbocycles. The molecule has 0 radical (unpaired) electrons. The van der Waals surface area contributed by atoms with Gasteiger partial charge in [-0.3, -0.25) is 0 Å². The van der Waals surface area contributed by atoms with Crippen molar-refractivity contribution in [2.24, 2.45) is 5.73 Å². The van der Waals surface area contributed by atoms with Gasteiger partial charge in [-0.1, -0.05) is 6.07 Å². The first-order valence-electron chi connectivity index (χ1n) is 6.16. The summed E-state index contributed by atoms with van der Waals surface area (Å²) in [7, 11) is 1.25. The second kappa shape index (κ2) is 4.13. The van der Waals surface area contributed by atoms with Crippen LogP contribution in [0.2, 0.25) is 0 Å². The Morgan fingerprint density at radius 3 is 2.16 bits per heavy atom. The fraction of sp³-hybridized carbons (Fsp3) is 0.571. The maximum absolute atomic E-state index is 12.8. The zero-order chi connectivity index (χ0) is 14.5. The molecular formula is C14H18F3NO. The summed E-state index contributed by atoms with van der Waals surface area (Å²) in [5.41, 5.74) is 5.55. The largest absolute Gasteiger partial charge is 0.496 e. The van der Waals surface area contributed by atoms with Gasteiger partial charge in [-0.15, -0.1) is 0 Å². The first-order valence-corrected chi connectivity index (χ1v) is 6.16. The van der Waals surface area contributed by atoms with Crippen LogP contribution in [0.25, 0.3) is 0 Å². The van der Waals surface area contributed by atoms with Crippen LogP contribution in [-0.4, -0.2) is 12.6 Å². The summed E-state index contributed by atoms with van der Waals surface area (Å²) in [5, 5.41) is 0. The van der Waals surface area contributed by atoms with Gasteiger partial charge in [-0.05, 0) is 44.4 Å². The monoisotopic (exact) mass is 273 g/mol. The number of hydrogen-bond acceptors (Lipinski definition) is 2. The zero-order valence-corrected chi connectivity index (χ0v) is 11.3. The molecule has 106 valence electrons. The third kappa shape index (κ3) is 2.31. The minimum atomic E-state index is -4.40. The molecule has 1 aromatic rings. The van der Waals surface area contributed by atoms with Crippen LogP contribution in [0.4, 0.5) is 13.2 Å². The van der Waals surface area contributed by atoms with E-state index in [1.54, 1.807) is 0 Å². The van der Waals surface area contributed by atoms with Crippen LogP contribution in [0.3, 0.4) is 0 Å². The van der Waals surface area contributed by atoms with E-state index in [0.717, 1.165) is 24.5 Å². The van der Waals surface area contributed by atoms with Crippen molar-refractivity contribution in [1.82, 2.24) is 0 Å². The lowest BCUT2D eigenvalue weighted by molar-refractivity contribution is -0.138. The summed E-state index contributed by atoms with van der Waals surface area (Å²) in [6, 6.07) is 4.08. The Bertz CT molecular complexity index is 484. The Morgan fingerprint density at radius 2 is 1.79 bits per heavy atom. The highest BCUT2D eigenvalue weighted by Gasteiger charge is 2.54. The number of hydrogen-bond donors (Lipinski definition) is 1. The van der Waals surface area contributed by atoms with Gasteiger partial charge in [-0.25, -0.2) is 0 Å². The lowest BCUT2D eigenvalue weighted by Gasteiger charge is -2.31. The molecule has 0 bridgehead atoms. The molecule has 0 heterocycles. The molecule has 2 nitrogen and oxygen atoms in total. The van der Waals surface area contributed by atoms with E-state index in [1.807, 2.05) is 13.8 Å². The van der Waals surface area contributed by atoms with E-state index >= 15 is 0 Å². The van der Waals surface area contributed by atoms with Gasteiger partial charge in [0.05, 0.1) is 12.7 Å². The Labute approximate surface area is 110 Å². The van der Waals surface area contributed by atoms with Crippen molar-refractivity contribution < 1.29 is 17.9 Å². The fourth-order valence-electron chi connectivity index (χ4n) is 2.65. The summed E-state index contributed by atoms with van der Waals surface area (Å²) < 4.78 is 43.3. The summed E-state index contributed by atoms with van der Waals surface area (Å²) in [6.45, 7) is 3.81. The summed E-state index contributed by atoms with van der Waals surface area (Å²) in [6.07, 6.45) is -2.62. The molecule has 1 aliphatic rings. The van der Waals surface area contributed by atoms with Crippen molar-refractivity contribution in [3.8, 4) is 5.75 Å². The standard InChI is InChI=1S/C14H18F3NO/c1-12(2,18)13(6-7-13)9-4-5-10(14(15,16)17)11(8-9)19-3/h4-5,8H,6-7,18H2,1-3H3. The number of methoxy groups -OCH3 is 1. The topological polar surface area (TPSA) is 35.2 Å². The lowest BCUT2D eigenvalue weighted by atomic mass is 9.79. The Kier molecular flexibility index (Phi) is 3.08. The Balaban J connectivity index is 2.47. The van der Waals surface area contributed by atoms with Crippen LogP contribution >= 0.6 is 0 Å². The second-order valence-corrected chi connectivity index (χ2v) is 5.72. The van der Waals surface area contributed by atoms with Gasteiger partial charge in [0, 0.05) is 11.0 Å². The maximum atomic E-state index is 12.8. The smallest absolute Gasteiger partial charge is 0.419 e. The van der Waals surface area contributed by atoms with Gasteiger partial charge in [0.1, 0.15) is 5.75 Å². The van der Waals surface area contributed by atoms with Crippen molar-refractivity contribution in [3.63, 3.8) is 0 Å². The highest BCUT2D eigenvalue weighted by molar-refractivity contribution is 5.46. The quantitative estimate of drug-likeness (QED) is 0.915. The van der Waals surface area contributed by atoms with E-state index in [9.17, 15) is 13.2 Å². The van der Waals surface area contributed by atoms with E-state index in [2.05, 4.69) is 0 Å². The van der Waals surface area contributed by atoms with Crippen molar-refractivity contribution in [2.75, 3.05) is 7.11 Å². The van der Waals surface area contributed by atoms with Crippen LogP contribution in [0.1, 0.15) is 37.8 Å². The molecule has 2 rings (SSSR count). The first-order chi connectivity index (χ1) is 8.62. The molecule has 0 unspecified atom stereocenters. The second-order valence-electron chi connectivity index (χ2n) is 5.72. The third-order valence-corrected chi connectivity index (χ3v) is 4.04. The molecule has 2 N–H and O–H groups in total. The van der Waals surface area contributed by atoms with Crippen LogP contribution in [-0.2, 0) is 11.6 Å². The highest BCUT2D eigenvalue weighted by atomic mass is 19.4. The van der Waals surface area contributed by atoms with Crippen LogP contribution < -0.4 is 10.5 Å². The fourth-order valence-corrected chi connectivity index (χ4v) is 2.65. The summed E-state index contributed by atoms with van der Waals surface area (Å²) in [5.74, 6) is -0.138. The van der Waals surface area contributed by atoms with E-state index in [4.69, 9.17) is 10.5 Å². The average molecular weight is 273 g/mol. The van der Waals surface area contributed by atoms with Crippen LogP contribution in [0, 0.1) is 0 Å². The molecule has 0 spiro atoms. The lowest BCUT2D eigenvalue weighted by Crippen LogP contribution is -2.45. The SMILES string of the molecule is COc1cc(C2(C(C)(C)N)CC2)ccc1C(F)(F)F. The van der Waals surface area contributed by atoms with Crippen LogP contribution in [0.5, 0.6) is 5.75 Å². The number of alkyl halides is 3. The third-order valence-electron chi connectivity index (χ3n) is 4.04. The Morgan fingerprint density at radius 1 is 1.21 bits per heavy atom. The van der Waals surface area contributed by atoms with Crippen LogP contribution in [0.15, 0.2) is 18.2 Å². The molecule has 1 aromatic carbocycles. The average Bonchev–Trinajstić information content (AvgIpc) is 3.07. The summed E-state index contributed by atoms with van der Waals surface area (Å²) in [4.78, 5) is 0. The normalized spacial score (nSPS) is 18.3. The van der Waals surface area contributed by atoms with Gasteiger partial charge >= 0.3 is 6.18 Å².